The molecule has 2 heterocycles. The summed E-state index contributed by atoms with van der Waals surface area (Å²) in [7, 11) is -3.66. The highest BCUT2D eigenvalue weighted by Crippen LogP contribution is 2.29. The number of sulfonamides is 1. The van der Waals surface area contributed by atoms with Crippen LogP contribution in [0.4, 0.5) is 0 Å². The Balaban J connectivity index is 1.52. The van der Waals surface area contributed by atoms with Gasteiger partial charge in [0.2, 0.25) is 15.9 Å². The molecular weight excluding hydrogens is 392 g/mol. The summed E-state index contributed by atoms with van der Waals surface area (Å²) in [4.78, 5) is 14.0. The quantitative estimate of drug-likeness (QED) is 0.693. The maximum Gasteiger partial charge on any atom is 0.243 e. The van der Waals surface area contributed by atoms with Crippen molar-refractivity contribution in [1.29, 1.82) is 0 Å². The van der Waals surface area contributed by atoms with E-state index in [9.17, 15) is 13.2 Å². The number of hydrogen-bond acceptors (Lipinski definition) is 4. The molecule has 1 aliphatic rings. The number of piperidine rings is 1. The molecule has 0 spiro atoms. The Morgan fingerprint density at radius 2 is 1.93 bits per heavy atom. The van der Waals surface area contributed by atoms with E-state index in [1.165, 1.54) is 4.31 Å². The lowest BCUT2D eigenvalue weighted by Crippen LogP contribution is -2.45. The monoisotopic (exact) mass is 414 g/mol. The molecule has 1 aliphatic heterocycles. The smallest absolute Gasteiger partial charge is 0.243 e. The number of hydrogen-bond donors (Lipinski definition) is 1. The number of carbonyl (C=O) groups is 1. The standard InChI is InChI=1S/C21H22N2O3S2/c24-21(22-14-18-9-5-13-27-18)17-8-4-12-23(15-17)28(25,26)20-11-3-7-16-6-1-2-10-19(16)20/h1-3,5-7,9-11,13,17H,4,8,12,14-15H2,(H,22,24). The molecule has 1 fully saturated rings. The van der Waals surface area contributed by atoms with Crippen LogP contribution < -0.4 is 5.32 Å². The Hall–Kier alpha value is -2.22. The van der Waals surface area contributed by atoms with Crippen LogP contribution in [0.3, 0.4) is 0 Å². The van der Waals surface area contributed by atoms with Crippen molar-refractivity contribution in [3.63, 3.8) is 0 Å². The Kier molecular flexibility index (Phi) is 5.48. The average molecular weight is 415 g/mol. The van der Waals surface area contributed by atoms with Crippen LogP contribution >= 0.6 is 11.3 Å². The number of benzene rings is 2. The highest BCUT2D eigenvalue weighted by molar-refractivity contribution is 7.89. The summed E-state index contributed by atoms with van der Waals surface area (Å²) in [5.74, 6) is -0.398. The molecule has 1 aromatic heterocycles. The summed E-state index contributed by atoms with van der Waals surface area (Å²) in [5, 5.41) is 6.53. The van der Waals surface area contributed by atoms with Gasteiger partial charge < -0.3 is 5.32 Å². The molecule has 5 nitrogen and oxygen atoms in total. The van der Waals surface area contributed by atoms with E-state index in [1.807, 2.05) is 47.8 Å². The van der Waals surface area contributed by atoms with E-state index < -0.39 is 10.0 Å². The minimum atomic E-state index is -3.66. The minimum absolute atomic E-state index is 0.0776. The largest absolute Gasteiger partial charge is 0.351 e. The molecule has 4 rings (SSSR count). The molecule has 1 unspecified atom stereocenters. The summed E-state index contributed by atoms with van der Waals surface area (Å²) in [5.41, 5.74) is 0. The number of nitrogens with zero attached hydrogens (tertiary/aromatic N) is 1. The molecule has 1 atom stereocenters. The van der Waals surface area contributed by atoms with Gasteiger partial charge in [-0.15, -0.1) is 11.3 Å². The first-order chi connectivity index (χ1) is 13.6. The average Bonchev–Trinajstić information content (AvgIpc) is 3.25. The zero-order valence-electron chi connectivity index (χ0n) is 15.4. The van der Waals surface area contributed by atoms with E-state index >= 15 is 0 Å². The van der Waals surface area contributed by atoms with Gasteiger partial charge in [-0.1, -0.05) is 42.5 Å². The lowest BCUT2D eigenvalue weighted by atomic mass is 9.99. The molecule has 0 radical (unpaired) electrons. The Morgan fingerprint density at radius 1 is 1.11 bits per heavy atom. The second kappa shape index (κ2) is 8.03. The van der Waals surface area contributed by atoms with Crippen LogP contribution in [0.5, 0.6) is 0 Å². The number of nitrogens with one attached hydrogen (secondary N) is 1. The second-order valence-corrected chi connectivity index (χ2v) is 9.92. The van der Waals surface area contributed by atoms with Crippen molar-refractivity contribution in [1.82, 2.24) is 9.62 Å². The van der Waals surface area contributed by atoms with E-state index in [2.05, 4.69) is 5.32 Å². The predicted octanol–water partition coefficient (Wildman–Crippen LogP) is 3.62. The Bertz CT molecular complexity index is 1070. The molecule has 1 N–H and O–H groups in total. The lowest BCUT2D eigenvalue weighted by Gasteiger charge is -2.31. The number of thiophene rings is 1. The van der Waals surface area contributed by atoms with Crippen molar-refractivity contribution < 1.29 is 13.2 Å². The van der Waals surface area contributed by atoms with Gasteiger partial charge in [0.25, 0.3) is 0 Å². The van der Waals surface area contributed by atoms with E-state index in [4.69, 9.17) is 0 Å². The SMILES string of the molecule is O=C(NCc1cccs1)C1CCCN(S(=O)(=O)c2cccc3ccccc23)C1. The van der Waals surface area contributed by atoms with Crippen LogP contribution in [0.15, 0.2) is 64.9 Å². The van der Waals surface area contributed by atoms with Gasteiger partial charge >= 0.3 is 0 Å². The summed E-state index contributed by atoms with van der Waals surface area (Å²) in [6.45, 7) is 1.16. The zero-order valence-corrected chi connectivity index (χ0v) is 17.0. The van der Waals surface area contributed by atoms with Gasteiger partial charge in [-0.25, -0.2) is 8.42 Å². The van der Waals surface area contributed by atoms with Crippen LogP contribution in [0.2, 0.25) is 0 Å². The van der Waals surface area contributed by atoms with Crippen LogP contribution in [0.1, 0.15) is 17.7 Å². The van der Waals surface area contributed by atoms with E-state index in [1.54, 1.807) is 23.5 Å². The van der Waals surface area contributed by atoms with Gasteiger partial charge in [-0.3, -0.25) is 4.79 Å². The van der Waals surface area contributed by atoms with E-state index in [-0.39, 0.29) is 18.4 Å². The van der Waals surface area contributed by atoms with Crippen molar-refractivity contribution >= 4 is 38.0 Å². The number of rotatable bonds is 5. The predicted molar refractivity (Wildman–Crippen MR) is 112 cm³/mol. The maximum atomic E-state index is 13.3. The van der Waals surface area contributed by atoms with Gasteiger partial charge in [0, 0.05) is 23.4 Å². The minimum Gasteiger partial charge on any atom is -0.351 e. The molecule has 0 aliphatic carbocycles. The summed E-state index contributed by atoms with van der Waals surface area (Å²) in [6.07, 6.45) is 1.39. The molecule has 28 heavy (non-hydrogen) atoms. The fraction of sp³-hybridized carbons (Fsp3) is 0.286. The normalized spacial score (nSPS) is 18.2. The summed E-state index contributed by atoms with van der Waals surface area (Å²) < 4.78 is 28.1. The van der Waals surface area contributed by atoms with Crippen molar-refractivity contribution in [2.45, 2.75) is 24.3 Å². The molecule has 1 amide bonds. The maximum absolute atomic E-state index is 13.3. The van der Waals surface area contributed by atoms with Crippen molar-refractivity contribution in [2.24, 2.45) is 5.92 Å². The molecule has 3 aromatic rings. The van der Waals surface area contributed by atoms with Gasteiger partial charge in [0.15, 0.2) is 0 Å². The van der Waals surface area contributed by atoms with Crippen molar-refractivity contribution in [2.75, 3.05) is 13.1 Å². The number of carbonyl (C=O) groups excluding carboxylic acids is 1. The summed E-state index contributed by atoms with van der Waals surface area (Å²) >= 11 is 1.59. The second-order valence-electron chi connectivity index (χ2n) is 6.98. The molecule has 1 saturated heterocycles. The first-order valence-electron chi connectivity index (χ1n) is 9.34. The molecular formula is C21H22N2O3S2. The topological polar surface area (TPSA) is 66.5 Å². The lowest BCUT2D eigenvalue weighted by molar-refractivity contribution is -0.126. The fourth-order valence-corrected chi connectivity index (χ4v) is 6.05. The first kappa shape index (κ1) is 19.1. The van der Waals surface area contributed by atoms with Crippen LogP contribution in [0, 0.1) is 5.92 Å². The van der Waals surface area contributed by atoms with Crippen LogP contribution in [0.25, 0.3) is 10.8 Å². The highest BCUT2D eigenvalue weighted by Gasteiger charge is 2.34. The van der Waals surface area contributed by atoms with Gasteiger partial charge in [-0.2, -0.15) is 4.31 Å². The Morgan fingerprint density at radius 3 is 2.75 bits per heavy atom. The Labute approximate surface area is 169 Å². The molecule has 0 bridgehead atoms. The number of amides is 1. The fourth-order valence-electron chi connectivity index (χ4n) is 3.67. The van der Waals surface area contributed by atoms with Crippen LogP contribution in [-0.4, -0.2) is 31.7 Å². The third-order valence-electron chi connectivity index (χ3n) is 5.14. The van der Waals surface area contributed by atoms with Gasteiger partial charge in [0.05, 0.1) is 17.4 Å². The van der Waals surface area contributed by atoms with E-state index in [0.717, 1.165) is 10.3 Å². The van der Waals surface area contributed by atoms with E-state index in [0.29, 0.717) is 36.2 Å². The van der Waals surface area contributed by atoms with Crippen molar-refractivity contribution in [3.05, 3.63) is 64.9 Å². The van der Waals surface area contributed by atoms with Crippen molar-refractivity contribution in [3.8, 4) is 0 Å². The van der Waals surface area contributed by atoms with Crippen LogP contribution in [-0.2, 0) is 21.4 Å². The van der Waals surface area contributed by atoms with Gasteiger partial charge in [0.1, 0.15) is 0 Å². The first-order valence-corrected chi connectivity index (χ1v) is 11.7. The highest BCUT2D eigenvalue weighted by atomic mass is 32.2. The molecule has 2 aromatic carbocycles. The zero-order chi connectivity index (χ0) is 19.6. The molecule has 7 heteroatoms. The third-order valence-corrected chi connectivity index (χ3v) is 7.94. The number of fused-ring (bicyclic) bond motifs is 1. The third kappa shape index (κ3) is 3.83. The summed E-state index contributed by atoms with van der Waals surface area (Å²) in [6, 6.07) is 16.7. The van der Waals surface area contributed by atoms with Gasteiger partial charge in [-0.05, 0) is 35.7 Å². The molecule has 146 valence electrons. The molecule has 0 saturated carbocycles.